The van der Waals surface area contributed by atoms with Gasteiger partial charge in [-0.25, -0.2) is 0 Å². The van der Waals surface area contributed by atoms with Gasteiger partial charge in [-0.15, -0.1) is 22.7 Å². The zero-order valence-electron chi connectivity index (χ0n) is 62.8. The van der Waals surface area contributed by atoms with E-state index in [1.165, 1.54) is 22.7 Å². The first-order valence-corrected chi connectivity index (χ1v) is 27.0. The molecule has 6 heterocycles. The van der Waals surface area contributed by atoms with Crippen LogP contribution in [0.1, 0.15) is 30.2 Å². The van der Waals surface area contributed by atoms with Crippen molar-refractivity contribution in [2.75, 3.05) is 9.80 Å². The second kappa shape index (κ2) is 16.4. The molecule has 4 nitrogen and oxygen atoms in total. The van der Waals surface area contributed by atoms with E-state index in [4.69, 9.17) is 11.0 Å². The Labute approximate surface area is 494 Å². The van der Waals surface area contributed by atoms with Crippen LogP contribution in [0.2, 0.25) is 0 Å². The minimum Gasteiger partial charge on any atom is -0.311 e. The molecular formula is C72H43BN4S2. The number of benzene rings is 12. The summed E-state index contributed by atoms with van der Waals surface area (Å²) in [5.41, 5.74) is -0.0236. The Bertz CT molecular complexity index is 6080. The van der Waals surface area contributed by atoms with E-state index < -0.39 is 173 Å². The van der Waals surface area contributed by atoms with Crippen molar-refractivity contribution in [3.8, 4) is 22.5 Å². The number of hydrogen-bond acceptors (Lipinski definition) is 4. The molecule has 0 N–H and O–H groups in total. The minimum absolute atomic E-state index is 0.119. The van der Waals surface area contributed by atoms with Crippen molar-refractivity contribution >= 4 is 164 Å². The van der Waals surface area contributed by atoms with Gasteiger partial charge in [0, 0.05) is 96.0 Å². The zero-order valence-corrected chi connectivity index (χ0v) is 42.4. The summed E-state index contributed by atoms with van der Waals surface area (Å²) in [6.45, 7) is -1.54. The van der Waals surface area contributed by atoms with E-state index in [1.54, 1.807) is 0 Å². The quantitative estimate of drug-likeness (QED) is 0.160. The van der Waals surface area contributed by atoms with Crippen molar-refractivity contribution in [2.45, 2.75) is 0 Å². The highest BCUT2D eigenvalue weighted by atomic mass is 32.1. The van der Waals surface area contributed by atoms with Crippen LogP contribution < -0.4 is 26.2 Å². The van der Waals surface area contributed by atoms with Crippen molar-refractivity contribution < 1.29 is 30.2 Å². The Balaban J connectivity index is 1.09. The van der Waals surface area contributed by atoms with Gasteiger partial charge in [0.15, 0.2) is 0 Å². The molecular weight excluding hydrogens is 996 g/mol. The molecule has 2 aliphatic rings. The number of nitrogens with zero attached hydrogens (tertiary/aromatic N) is 4. The summed E-state index contributed by atoms with van der Waals surface area (Å²) in [6, 6.07) is 24.6. The molecule has 366 valence electrons. The molecule has 0 amide bonds. The smallest absolute Gasteiger partial charge is 0.252 e. The first-order valence-electron chi connectivity index (χ1n) is 36.3. The molecule has 0 spiro atoms. The molecule has 0 fully saturated rings. The monoisotopic (exact) mass is 1060 g/mol. The Morgan fingerprint density at radius 1 is 0.329 bits per heavy atom. The predicted molar refractivity (Wildman–Crippen MR) is 340 cm³/mol. The van der Waals surface area contributed by atoms with Gasteiger partial charge in [0.2, 0.25) is 0 Å². The van der Waals surface area contributed by atoms with E-state index in [2.05, 4.69) is 0 Å². The van der Waals surface area contributed by atoms with Crippen molar-refractivity contribution in [3.63, 3.8) is 0 Å². The third-order valence-corrected chi connectivity index (χ3v) is 17.7. The molecule has 16 aromatic rings. The molecule has 7 heteroatoms. The average Bonchev–Trinajstić information content (AvgIpc) is 1.38. The van der Waals surface area contributed by atoms with Crippen LogP contribution in [-0.2, 0) is 0 Å². The van der Waals surface area contributed by atoms with Crippen LogP contribution in [0.15, 0.2) is 260 Å². The van der Waals surface area contributed by atoms with E-state index in [9.17, 15) is 19.2 Å². The maximum absolute atomic E-state index is 11.2. The van der Waals surface area contributed by atoms with E-state index in [0.717, 1.165) is 38.7 Å². The lowest BCUT2D eigenvalue weighted by Crippen LogP contribution is -2.61. The van der Waals surface area contributed by atoms with Crippen molar-refractivity contribution in [1.29, 1.82) is 0 Å². The fourth-order valence-corrected chi connectivity index (χ4v) is 14.5. The van der Waals surface area contributed by atoms with Gasteiger partial charge < -0.3 is 18.9 Å². The van der Waals surface area contributed by atoms with Gasteiger partial charge in [0.05, 0.1) is 63.6 Å². The summed E-state index contributed by atoms with van der Waals surface area (Å²) in [6.07, 6.45) is 0. The second-order valence-electron chi connectivity index (χ2n) is 19.4. The predicted octanol–water partition coefficient (Wildman–Crippen LogP) is 18.4. The van der Waals surface area contributed by atoms with Crippen LogP contribution in [0.5, 0.6) is 0 Å². The van der Waals surface area contributed by atoms with Gasteiger partial charge in [0.1, 0.15) is 0 Å². The summed E-state index contributed by atoms with van der Waals surface area (Å²) < 4.78 is 219. The molecule has 2 aliphatic heterocycles. The summed E-state index contributed by atoms with van der Waals surface area (Å²) >= 11 is 3.01. The van der Waals surface area contributed by atoms with Crippen LogP contribution in [0, 0.1) is 0 Å². The Kier molecular flexibility index (Phi) is 5.74. The molecule has 0 radical (unpaired) electrons. The van der Waals surface area contributed by atoms with E-state index in [0.29, 0.717) is 50.1 Å². The third kappa shape index (κ3) is 6.09. The fourth-order valence-electron chi connectivity index (χ4n) is 12.2. The lowest BCUT2D eigenvalue weighted by molar-refractivity contribution is 1.17. The molecule has 0 saturated carbocycles. The molecule has 79 heavy (non-hydrogen) atoms. The summed E-state index contributed by atoms with van der Waals surface area (Å²) in [5, 5.41) is 1.64. The van der Waals surface area contributed by atoms with E-state index >= 15 is 0 Å². The van der Waals surface area contributed by atoms with Gasteiger partial charge in [-0.2, -0.15) is 0 Å². The van der Waals surface area contributed by atoms with Crippen LogP contribution in [0.3, 0.4) is 0 Å². The Hall–Kier alpha value is -9.66. The zero-order chi connectivity index (χ0) is 70.6. The second-order valence-corrected chi connectivity index (χ2v) is 21.6. The van der Waals surface area contributed by atoms with Crippen LogP contribution in [0.25, 0.3) is 106 Å². The lowest BCUT2D eigenvalue weighted by atomic mass is 9.33. The van der Waals surface area contributed by atoms with Gasteiger partial charge >= 0.3 is 0 Å². The molecule has 0 aliphatic carbocycles. The number of fused-ring (bicyclic) bond motifs is 16. The number of para-hydroxylation sites is 4. The molecule has 4 aromatic heterocycles. The van der Waals surface area contributed by atoms with Crippen molar-refractivity contribution in [1.82, 2.24) is 9.13 Å². The first-order chi connectivity index (χ1) is 48.4. The van der Waals surface area contributed by atoms with Gasteiger partial charge in [-0.3, -0.25) is 0 Å². The minimum atomic E-state index is -1.54. The number of rotatable bonds is 5. The standard InChI is InChI=1S/C72H43BN4S2/c1-2-18-44(19-3-1)45-40-64-72-65(41-45)77(61-31-17-35-69-71(61)53-25-9-15-33-67(53)79-69)63-43-47(75-58-28-12-6-22-50(58)51-23-7-13-29-59(51)75)37-39-55(63)73(72)54-38-36-46(74-56-26-10-4-20-48(56)49-21-5-11-27-57(49)74)42-62(54)76(64)60-30-16-34-68-70(60)52-24-8-14-32-66(52)78-68/h1-43H/i4D,5D,6D,7D,10D,11D,12D,13D,20D,21D,22D,23D,26D,27D,28D,29D,36D,37D,38D,39D,42D,43D. The number of thiophene rings is 2. The topological polar surface area (TPSA) is 16.3 Å². The Morgan fingerprint density at radius 3 is 1.19 bits per heavy atom. The van der Waals surface area contributed by atoms with Crippen LogP contribution >= 0.6 is 22.7 Å². The lowest BCUT2D eigenvalue weighted by Gasteiger charge is -2.45. The SMILES string of the molecule is [2H]c1c([2H])c(-n2c3c([2H])c([2H])c([2H])c([2H])c3c3c([2H])c([2H])c([2H])c([2H])c32)c([2H])c2c1B1c3c(cc(-c4ccccc4)cc3N(c3cccc4sc5ccccc5c34)c3c([2H])c(-n4c5c([2H])c([2H])c([2H])c([2H])c5c5c([2H])c([2H])c([2H])c([2H])c54)c([2H])c([2H])c31)N2c1cccc2sc3ccccc3c12. The van der Waals surface area contributed by atoms with Crippen LogP contribution in [-0.4, -0.2) is 15.8 Å². The number of hydrogen-bond donors (Lipinski definition) is 0. The van der Waals surface area contributed by atoms with Gasteiger partial charge in [-0.05, 0) is 124 Å². The van der Waals surface area contributed by atoms with Crippen molar-refractivity contribution in [3.05, 3.63) is 260 Å². The fraction of sp³-hybridized carbons (Fsp3) is 0. The Morgan fingerprint density at radius 2 is 0.734 bits per heavy atom. The van der Waals surface area contributed by atoms with E-state index in [1.807, 2.05) is 137 Å². The van der Waals surface area contributed by atoms with Crippen molar-refractivity contribution in [2.24, 2.45) is 0 Å². The molecule has 0 unspecified atom stereocenters. The maximum Gasteiger partial charge on any atom is 0.252 e. The summed E-state index contributed by atoms with van der Waals surface area (Å²) in [5.74, 6) is 0. The molecule has 18 rings (SSSR count). The normalized spacial score (nSPS) is 16.9. The highest BCUT2D eigenvalue weighted by Crippen LogP contribution is 2.52. The molecule has 0 saturated heterocycles. The van der Waals surface area contributed by atoms with Crippen LogP contribution in [0.4, 0.5) is 34.1 Å². The largest absolute Gasteiger partial charge is 0.311 e. The summed E-state index contributed by atoms with van der Waals surface area (Å²) in [7, 11) is 0. The summed E-state index contributed by atoms with van der Waals surface area (Å²) in [4.78, 5) is 3.62. The molecule has 0 bridgehead atoms. The van der Waals surface area contributed by atoms with Gasteiger partial charge in [-0.1, -0.05) is 163 Å². The number of anilines is 6. The number of aromatic nitrogens is 2. The third-order valence-electron chi connectivity index (χ3n) is 15.4. The highest BCUT2D eigenvalue weighted by molar-refractivity contribution is 7.26. The van der Waals surface area contributed by atoms with Gasteiger partial charge in [0.25, 0.3) is 6.71 Å². The highest BCUT2D eigenvalue weighted by Gasteiger charge is 2.45. The first kappa shape index (κ1) is 27.6. The van der Waals surface area contributed by atoms with E-state index in [-0.39, 0.29) is 43.8 Å². The maximum atomic E-state index is 11.2. The average molecular weight is 1060 g/mol. The molecule has 12 aromatic carbocycles. The molecule has 0 atom stereocenters.